The number of carbonyl (C=O) groups is 3. The highest BCUT2D eigenvalue weighted by molar-refractivity contribution is 5.86. The number of rotatable bonds is 5. The summed E-state index contributed by atoms with van der Waals surface area (Å²) < 4.78 is 5.69. The van der Waals surface area contributed by atoms with E-state index in [-0.39, 0.29) is 45.5 Å². The minimum absolute atomic E-state index is 0.0708. The summed E-state index contributed by atoms with van der Waals surface area (Å²) in [6, 6.07) is 0. The largest absolute Gasteiger partial charge is 0.460 e. The van der Waals surface area contributed by atoms with Crippen molar-refractivity contribution in [1.82, 2.24) is 4.90 Å². The fourth-order valence-corrected chi connectivity index (χ4v) is 12.5. The van der Waals surface area contributed by atoms with E-state index in [2.05, 4.69) is 53.0 Å². The maximum absolute atomic E-state index is 14.0. The molecule has 0 spiro atoms. The van der Waals surface area contributed by atoms with Crippen LogP contribution in [0.15, 0.2) is 12.2 Å². The van der Waals surface area contributed by atoms with Gasteiger partial charge in [-0.25, -0.2) is 0 Å². The van der Waals surface area contributed by atoms with Gasteiger partial charge >= 0.3 is 5.97 Å². The Balaban J connectivity index is 1.40. The van der Waals surface area contributed by atoms with Gasteiger partial charge in [-0.3, -0.25) is 9.59 Å². The number of fused-ring (bicyclic) bond motifs is 7. The summed E-state index contributed by atoms with van der Waals surface area (Å²) in [5.74, 6) is 2.23. The maximum Gasteiger partial charge on any atom is 0.312 e. The number of likely N-dealkylation sites (tertiary alicyclic amines) is 1. The number of amides is 1. The lowest BCUT2D eigenvalue weighted by Gasteiger charge is -2.73. The highest BCUT2D eigenvalue weighted by Gasteiger charge is 2.71. The Kier molecular flexibility index (Phi) is 7.99. The third-order valence-corrected chi connectivity index (χ3v) is 14.9. The molecule has 5 heteroatoms. The van der Waals surface area contributed by atoms with Gasteiger partial charge in [0, 0.05) is 23.9 Å². The Morgan fingerprint density at radius 2 is 1.52 bits per heavy atom. The zero-order valence-electron chi connectivity index (χ0n) is 30.0. The van der Waals surface area contributed by atoms with Gasteiger partial charge in [0.25, 0.3) is 0 Å². The van der Waals surface area contributed by atoms with Crippen molar-refractivity contribution in [3.63, 3.8) is 0 Å². The van der Waals surface area contributed by atoms with Crippen molar-refractivity contribution in [2.45, 2.75) is 152 Å². The van der Waals surface area contributed by atoms with Gasteiger partial charge < -0.3 is 14.4 Å². The number of hydrogen-bond acceptors (Lipinski definition) is 4. The van der Waals surface area contributed by atoms with Crippen LogP contribution in [-0.4, -0.2) is 40.7 Å². The second kappa shape index (κ2) is 10.4. The molecule has 4 aliphatic carbocycles. The summed E-state index contributed by atoms with van der Waals surface area (Å²) in [6.07, 6.45) is 11.6. The lowest BCUT2D eigenvalue weighted by Crippen LogP contribution is -2.70. The lowest BCUT2D eigenvalue weighted by molar-refractivity contribution is -0.239. The van der Waals surface area contributed by atoms with Crippen LogP contribution in [0.2, 0.25) is 0 Å². The number of aldehydes is 1. The molecule has 0 aromatic carbocycles. The Morgan fingerprint density at radius 1 is 0.864 bits per heavy atom. The van der Waals surface area contributed by atoms with Crippen LogP contribution in [0.4, 0.5) is 0 Å². The number of carbonyl (C=O) groups excluding carboxylic acids is 3. The number of esters is 1. The van der Waals surface area contributed by atoms with E-state index in [1.807, 2.05) is 34.6 Å². The normalized spacial score (nSPS) is 43.2. The second-order valence-corrected chi connectivity index (χ2v) is 19.0. The topological polar surface area (TPSA) is 63.7 Å². The first-order valence-electron chi connectivity index (χ1n) is 17.8. The molecular weight excluding hydrogens is 546 g/mol. The Hall–Kier alpha value is -1.65. The van der Waals surface area contributed by atoms with Crippen LogP contribution < -0.4 is 0 Å². The van der Waals surface area contributed by atoms with E-state index in [1.165, 1.54) is 31.1 Å². The first kappa shape index (κ1) is 33.7. The van der Waals surface area contributed by atoms with Crippen LogP contribution in [0.5, 0.6) is 0 Å². The highest BCUT2D eigenvalue weighted by atomic mass is 16.6. The van der Waals surface area contributed by atoms with E-state index in [4.69, 9.17) is 4.74 Å². The molecule has 1 amide bonds. The van der Waals surface area contributed by atoms with Crippen molar-refractivity contribution in [3.8, 4) is 0 Å². The van der Waals surface area contributed by atoms with Gasteiger partial charge in [-0.1, -0.05) is 32.9 Å². The van der Waals surface area contributed by atoms with Crippen LogP contribution in [0, 0.1) is 56.7 Å². The van der Waals surface area contributed by atoms with E-state index in [0.717, 1.165) is 45.1 Å². The van der Waals surface area contributed by atoms with E-state index in [9.17, 15) is 14.4 Å². The predicted octanol–water partition coefficient (Wildman–Crippen LogP) is 8.79. The molecule has 5 nitrogen and oxygen atoms in total. The zero-order chi connectivity index (χ0) is 32.9. The molecular formula is C39H63NO4. The summed E-state index contributed by atoms with van der Waals surface area (Å²) in [5, 5.41) is 0. The van der Waals surface area contributed by atoms with Gasteiger partial charge in [-0.15, -0.1) is 0 Å². The van der Waals surface area contributed by atoms with Gasteiger partial charge in [0.15, 0.2) is 0 Å². The average Bonchev–Trinajstić information content (AvgIpc) is 3.28. The standard InChI is InChI=1S/C39H63NO4/c1-25(2)26-15-18-39(24-41)20-19-37(11)27(31(26)39)13-14-29-36(10)21-22-40(35(8,9)28(36)16-17-38(29,37)12)30(42)23-34(6,7)32(43)44-33(3,4)5/h24,26-29,31H,1,13-23H2,2-12H3/t26-,27+,28-,29+,31+,36-,37+,38+,39+/m0/s1. The van der Waals surface area contributed by atoms with Crippen LogP contribution >= 0.6 is 0 Å². The molecule has 1 aliphatic heterocycles. The van der Waals surface area contributed by atoms with E-state index < -0.39 is 11.0 Å². The Morgan fingerprint density at radius 3 is 2.11 bits per heavy atom. The molecule has 248 valence electrons. The molecule has 5 fully saturated rings. The molecule has 0 bridgehead atoms. The van der Waals surface area contributed by atoms with Crippen LogP contribution in [0.3, 0.4) is 0 Å². The van der Waals surface area contributed by atoms with Crippen molar-refractivity contribution >= 4 is 18.2 Å². The highest BCUT2D eigenvalue weighted by Crippen LogP contribution is 2.76. The summed E-state index contributed by atoms with van der Waals surface area (Å²) in [6.45, 7) is 29.1. The van der Waals surface area contributed by atoms with Crippen molar-refractivity contribution in [2.75, 3.05) is 6.54 Å². The number of piperidine rings is 1. The number of ether oxygens (including phenoxy) is 1. The SMILES string of the molecule is C=C(C)[C@@H]1CC[C@]2(C=O)CC[C@]3(C)[C@H](CC[C@@H]4[C@@]5(C)CCN(C(=O)CC(C)(C)C(=O)OC(C)(C)C)C(C)(C)[C@@H]5CC[C@]43C)[C@@H]12. The summed E-state index contributed by atoms with van der Waals surface area (Å²) in [5.41, 5.74) is -0.0673. The first-order chi connectivity index (χ1) is 20.1. The van der Waals surface area contributed by atoms with Crippen molar-refractivity contribution < 1.29 is 19.1 Å². The fourth-order valence-electron chi connectivity index (χ4n) is 12.5. The predicted molar refractivity (Wildman–Crippen MR) is 177 cm³/mol. The van der Waals surface area contributed by atoms with E-state index in [1.54, 1.807) is 0 Å². The van der Waals surface area contributed by atoms with Gasteiger partial charge in [-0.05, 0) is 159 Å². The fraction of sp³-hybridized carbons (Fsp3) is 0.872. The molecule has 4 saturated carbocycles. The summed E-state index contributed by atoms with van der Waals surface area (Å²) in [7, 11) is 0. The Labute approximate surface area is 268 Å². The zero-order valence-corrected chi connectivity index (χ0v) is 30.0. The van der Waals surface area contributed by atoms with Gasteiger partial charge in [0.1, 0.15) is 11.9 Å². The number of nitrogens with zero attached hydrogens (tertiary/aromatic N) is 1. The third-order valence-electron chi connectivity index (χ3n) is 14.9. The number of allylic oxidation sites excluding steroid dienone is 1. The van der Waals surface area contributed by atoms with Gasteiger partial charge in [0.2, 0.25) is 5.91 Å². The molecule has 1 saturated heterocycles. The average molecular weight is 610 g/mol. The summed E-state index contributed by atoms with van der Waals surface area (Å²) >= 11 is 0. The molecule has 0 aromatic rings. The minimum atomic E-state index is -0.876. The smallest absolute Gasteiger partial charge is 0.312 e. The quantitative estimate of drug-likeness (QED) is 0.178. The maximum atomic E-state index is 14.0. The summed E-state index contributed by atoms with van der Waals surface area (Å²) in [4.78, 5) is 41.9. The third kappa shape index (κ3) is 4.78. The van der Waals surface area contributed by atoms with Crippen LogP contribution in [-0.2, 0) is 19.1 Å². The van der Waals surface area contributed by atoms with Crippen molar-refractivity contribution in [2.24, 2.45) is 56.7 Å². The van der Waals surface area contributed by atoms with Crippen LogP contribution in [0.25, 0.3) is 0 Å². The van der Waals surface area contributed by atoms with Crippen LogP contribution in [0.1, 0.15) is 140 Å². The van der Waals surface area contributed by atoms with Gasteiger partial charge in [0.05, 0.1) is 5.41 Å². The van der Waals surface area contributed by atoms with E-state index in [0.29, 0.717) is 29.6 Å². The number of hydrogen-bond donors (Lipinski definition) is 0. The molecule has 0 radical (unpaired) electrons. The second-order valence-electron chi connectivity index (χ2n) is 19.0. The molecule has 5 aliphatic rings. The van der Waals surface area contributed by atoms with Crippen molar-refractivity contribution in [1.29, 1.82) is 0 Å². The minimum Gasteiger partial charge on any atom is -0.460 e. The Bertz CT molecular complexity index is 1210. The lowest BCUT2D eigenvalue weighted by atomic mass is 9.33. The van der Waals surface area contributed by atoms with E-state index >= 15 is 0 Å². The molecule has 0 aromatic heterocycles. The molecule has 5 rings (SSSR count). The monoisotopic (exact) mass is 609 g/mol. The molecule has 0 unspecified atom stereocenters. The molecule has 0 N–H and O–H groups in total. The first-order valence-corrected chi connectivity index (χ1v) is 17.8. The molecule has 1 heterocycles. The van der Waals surface area contributed by atoms with Gasteiger partial charge in [-0.2, -0.15) is 0 Å². The molecule has 9 atom stereocenters. The molecule has 44 heavy (non-hydrogen) atoms. The van der Waals surface area contributed by atoms with Crippen molar-refractivity contribution in [3.05, 3.63) is 12.2 Å².